The lowest BCUT2D eigenvalue weighted by molar-refractivity contribution is -0.126. The number of aryl methyl sites for hydroxylation is 1. The summed E-state index contributed by atoms with van der Waals surface area (Å²) in [6, 6.07) is 10.7. The molecule has 2 fully saturated rings. The molecule has 2 aliphatic heterocycles. The lowest BCUT2D eigenvalue weighted by Gasteiger charge is -2.34. The van der Waals surface area contributed by atoms with E-state index < -0.39 is 0 Å². The van der Waals surface area contributed by atoms with Gasteiger partial charge in [0.05, 0.1) is 11.4 Å². The minimum Gasteiger partial charge on any atom is -0.381 e. The molecule has 0 spiro atoms. The monoisotopic (exact) mass is 353 g/mol. The molecule has 4 rings (SSSR count). The number of rotatable bonds is 3. The fourth-order valence-corrected chi connectivity index (χ4v) is 4.05. The van der Waals surface area contributed by atoms with Crippen molar-refractivity contribution in [2.45, 2.75) is 38.6 Å². The first-order valence-corrected chi connectivity index (χ1v) is 9.70. The minimum absolute atomic E-state index is 0.0418. The van der Waals surface area contributed by atoms with Crippen LogP contribution in [0, 0.1) is 12.8 Å². The molecule has 2 aromatic rings. The Bertz CT molecular complexity index is 786. The van der Waals surface area contributed by atoms with Crippen LogP contribution in [0.3, 0.4) is 0 Å². The number of pyridine rings is 1. The standard InChI is InChI=1S/C21H27N3O2/c1-15-13-20(23-19-7-3-2-6-18(15)19)24-10-4-5-16(14-24)21(25)22-17-8-11-26-12-9-17/h2-3,6-7,13,16-17H,4-5,8-12,14H2,1H3,(H,22,25). The predicted octanol–water partition coefficient (Wildman–Crippen LogP) is 3.05. The van der Waals surface area contributed by atoms with Gasteiger partial charge in [-0.1, -0.05) is 18.2 Å². The Kier molecular flexibility index (Phi) is 5.07. The van der Waals surface area contributed by atoms with Gasteiger partial charge in [-0.2, -0.15) is 0 Å². The molecule has 2 aliphatic rings. The van der Waals surface area contributed by atoms with Crippen LogP contribution in [0.25, 0.3) is 10.9 Å². The zero-order valence-electron chi connectivity index (χ0n) is 15.4. The van der Waals surface area contributed by atoms with Crippen molar-refractivity contribution in [1.82, 2.24) is 10.3 Å². The summed E-state index contributed by atoms with van der Waals surface area (Å²) < 4.78 is 5.38. The second kappa shape index (κ2) is 7.62. The molecule has 1 amide bonds. The van der Waals surface area contributed by atoms with Gasteiger partial charge in [0.15, 0.2) is 0 Å². The molecular weight excluding hydrogens is 326 g/mol. The van der Waals surface area contributed by atoms with Crippen LogP contribution < -0.4 is 10.2 Å². The minimum atomic E-state index is 0.0418. The van der Waals surface area contributed by atoms with Gasteiger partial charge in [-0.05, 0) is 50.3 Å². The van der Waals surface area contributed by atoms with Gasteiger partial charge in [-0.3, -0.25) is 4.79 Å². The van der Waals surface area contributed by atoms with Crippen LogP contribution in [-0.2, 0) is 9.53 Å². The fourth-order valence-electron chi connectivity index (χ4n) is 4.05. The number of nitrogens with zero attached hydrogens (tertiary/aromatic N) is 2. The number of nitrogens with one attached hydrogen (secondary N) is 1. The van der Waals surface area contributed by atoms with Gasteiger partial charge in [-0.25, -0.2) is 4.98 Å². The van der Waals surface area contributed by atoms with Crippen LogP contribution in [0.15, 0.2) is 30.3 Å². The summed E-state index contributed by atoms with van der Waals surface area (Å²) in [5.41, 5.74) is 2.26. The highest BCUT2D eigenvalue weighted by Gasteiger charge is 2.28. The summed E-state index contributed by atoms with van der Waals surface area (Å²) in [6.45, 7) is 5.35. The Balaban J connectivity index is 1.47. The number of benzene rings is 1. The molecule has 1 aromatic carbocycles. The van der Waals surface area contributed by atoms with Gasteiger partial charge in [0, 0.05) is 37.7 Å². The molecule has 1 N–H and O–H groups in total. The number of piperidine rings is 1. The number of amides is 1. The van der Waals surface area contributed by atoms with Crippen LogP contribution in [-0.4, -0.2) is 43.2 Å². The van der Waals surface area contributed by atoms with E-state index in [4.69, 9.17) is 9.72 Å². The first-order valence-electron chi connectivity index (χ1n) is 9.70. The zero-order chi connectivity index (χ0) is 17.9. The van der Waals surface area contributed by atoms with E-state index in [1.807, 2.05) is 12.1 Å². The van der Waals surface area contributed by atoms with Crippen molar-refractivity contribution in [1.29, 1.82) is 0 Å². The summed E-state index contributed by atoms with van der Waals surface area (Å²) in [4.78, 5) is 19.8. The van der Waals surface area contributed by atoms with Gasteiger partial charge in [0.25, 0.3) is 0 Å². The van der Waals surface area contributed by atoms with E-state index in [1.165, 1.54) is 10.9 Å². The van der Waals surface area contributed by atoms with E-state index in [0.29, 0.717) is 0 Å². The van der Waals surface area contributed by atoms with E-state index in [-0.39, 0.29) is 17.9 Å². The largest absolute Gasteiger partial charge is 0.381 e. The molecule has 0 radical (unpaired) electrons. The molecule has 5 heteroatoms. The average Bonchev–Trinajstić information content (AvgIpc) is 2.69. The van der Waals surface area contributed by atoms with Gasteiger partial charge >= 0.3 is 0 Å². The molecule has 138 valence electrons. The lowest BCUT2D eigenvalue weighted by atomic mass is 9.96. The normalized spacial score (nSPS) is 21.7. The van der Waals surface area contributed by atoms with Crippen molar-refractivity contribution >= 4 is 22.6 Å². The van der Waals surface area contributed by atoms with Crippen LogP contribution in [0.1, 0.15) is 31.2 Å². The van der Waals surface area contributed by atoms with Crippen LogP contribution >= 0.6 is 0 Å². The molecular formula is C21H27N3O2. The maximum Gasteiger partial charge on any atom is 0.225 e. The van der Waals surface area contributed by atoms with Crippen molar-refractivity contribution in [3.8, 4) is 0 Å². The second-order valence-corrected chi connectivity index (χ2v) is 7.49. The second-order valence-electron chi connectivity index (χ2n) is 7.49. The van der Waals surface area contributed by atoms with Gasteiger partial charge < -0.3 is 15.0 Å². The molecule has 0 bridgehead atoms. The molecule has 1 atom stereocenters. The SMILES string of the molecule is Cc1cc(N2CCCC(C(=O)NC3CCOCC3)C2)nc2ccccc12. The van der Waals surface area contributed by atoms with E-state index in [0.717, 1.165) is 63.3 Å². The van der Waals surface area contributed by atoms with E-state index in [9.17, 15) is 4.79 Å². The van der Waals surface area contributed by atoms with Crippen molar-refractivity contribution in [2.24, 2.45) is 5.92 Å². The lowest BCUT2D eigenvalue weighted by Crippen LogP contribution is -2.47. The number of ether oxygens (including phenoxy) is 1. The first-order chi connectivity index (χ1) is 12.7. The Hall–Kier alpha value is -2.14. The maximum absolute atomic E-state index is 12.7. The van der Waals surface area contributed by atoms with Gasteiger partial charge in [0.1, 0.15) is 5.82 Å². The fraction of sp³-hybridized carbons (Fsp3) is 0.524. The maximum atomic E-state index is 12.7. The van der Waals surface area contributed by atoms with Crippen molar-refractivity contribution in [3.63, 3.8) is 0 Å². The van der Waals surface area contributed by atoms with Crippen LogP contribution in [0.4, 0.5) is 5.82 Å². The molecule has 3 heterocycles. The third kappa shape index (κ3) is 3.68. The summed E-state index contributed by atoms with van der Waals surface area (Å²) in [6.07, 6.45) is 3.83. The Morgan fingerprint density at radius 1 is 1.23 bits per heavy atom. The van der Waals surface area contributed by atoms with Crippen LogP contribution in [0.5, 0.6) is 0 Å². The smallest absolute Gasteiger partial charge is 0.225 e. The van der Waals surface area contributed by atoms with Crippen molar-refractivity contribution in [3.05, 3.63) is 35.9 Å². The highest BCUT2D eigenvalue weighted by Crippen LogP contribution is 2.26. The Morgan fingerprint density at radius 2 is 2.04 bits per heavy atom. The van der Waals surface area contributed by atoms with Crippen LogP contribution in [0.2, 0.25) is 0 Å². The number of fused-ring (bicyclic) bond motifs is 1. The van der Waals surface area contributed by atoms with Gasteiger partial charge in [0.2, 0.25) is 5.91 Å². The van der Waals surface area contributed by atoms with Gasteiger partial charge in [-0.15, -0.1) is 0 Å². The highest BCUT2D eigenvalue weighted by molar-refractivity contribution is 5.84. The number of aromatic nitrogens is 1. The van der Waals surface area contributed by atoms with E-state index in [2.05, 4.69) is 35.3 Å². The summed E-state index contributed by atoms with van der Waals surface area (Å²) in [5, 5.41) is 4.43. The zero-order valence-corrected chi connectivity index (χ0v) is 15.4. The number of hydrogen-bond acceptors (Lipinski definition) is 4. The third-order valence-electron chi connectivity index (χ3n) is 5.59. The average molecular weight is 353 g/mol. The first kappa shape index (κ1) is 17.3. The van der Waals surface area contributed by atoms with E-state index >= 15 is 0 Å². The topological polar surface area (TPSA) is 54.5 Å². The molecule has 1 unspecified atom stereocenters. The number of carbonyl (C=O) groups excluding carboxylic acids is 1. The predicted molar refractivity (Wildman–Crippen MR) is 103 cm³/mol. The number of anilines is 1. The molecule has 0 aliphatic carbocycles. The highest BCUT2D eigenvalue weighted by atomic mass is 16.5. The number of hydrogen-bond donors (Lipinski definition) is 1. The van der Waals surface area contributed by atoms with E-state index in [1.54, 1.807) is 0 Å². The summed E-state index contributed by atoms with van der Waals surface area (Å²) in [5.74, 6) is 1.23. The molecule has 2 saturated heterocycles. The Labute approximate surface area is 154 Å². The summed E-state index contributed by atoms with van der Waals surface area (Å²) in [7, 11) is 0. The molecule has 26 heavy (non-hydrogen) atoms. The number of para-hydroxylation sites is 1. The quantitative estimate of drug-likeness (QED) is 0.921. The van der Waals surface area contributed by atoms with Crippen molar-refractivity contribution in [2.75, 3.05) is 31.2 Å². The molecule has 0 saturated carbocycles. The summed E-state index contributed by atoms with van der Waals surface area (Å²) >= 11 is 0. The Morgan fingerprint density at radius 3 is 2.88 bits per heavy atom. The third-order valence-corrected chi connectivity index (χ3v) is 5.59. The molecule has 5 nitrogen and oxygen atoms in total. The van der Waals surface area contributed by atoms with Crippen molar-refractivity contribution < 1.29 is 9.53 Å². The molecule has 1 aromatic heterocycles. The number of carbonyl (C=O) groups is 1.